The molecule has 2 aromatic rings. The van der Waals surface area contributed by atoms with Crippen molar-refractivity contribution >= 4 is 27.3 Å². The lowest BCUT2D eigenvalue weighted by Crippen LogP contribution is -2.18. The highest BCUT2D eigenvalue weighted by atomic mass is 32.2. The minimum absolute atomic E-state index is 0.0980. The van der Waals surface area contributed by atoms with Crippen LogP contribution in [0.2, 0.25) is 0 Å². The molecule has 0 fully saturated rings. The van der Waals surface area contributed by atoms with Gasteiger partial charge in [0.1, 0.15) is 0 Å². The van der Waals surface area contributed by atoms with E-state index >= 15 is 0 Å². The van der Waals surface area contributed by atoms with E-state index in [1.54, 1.807) is 18.2 Å². The highest BCUT2D eigenvalue weighted by Crippen LogP contribution is 2.17. The van der Waals surface area contributed by atoms with Crippen LogP contribution in [-0.4, -0.2) is 26.3 Å². The smallest absolute Gasteiger partial charge is 0.271 e. The van der Waals surface area contributed by atoms with E-state index in [9.17, 15) is 23.3 Å². The Bertz CT molecular complexity index is 879. The molecule has 9 heteroatoms. The van der Waals surface area contributed by atoms with E-state index in [2.05, 4.69) is 10.0 Å². The average Bonchev–Trinajstić information content (AvgIpc) is 2.60. The Labute approximate surface area is 145 Å². The van der Waals surface area contributed by atoms with E-state index in [1.165, 1.54) is 37.4 Å². The zero-order chi connectivity index (χ0) is 18.4. The van der Waals surface area contributed by atoms with Crippen LogP contribution in [0.5, 0.6) is 0 Å². The van der Waals surface area contributed by atoms with Gasteiger partial charge in [-0.05, 0) is 37.2 Å². The van der Waals surface area contributed by atoms with Gasteiger partial charge in [0.15, 0.2) is 0 Å². The van der Waals surface area contributed by atoms with Gasteiger partial charge in [-0.25, -0.2) is 13.1 Å². The summed E-state index contributed by atoms with van der Waals surface area (Å²) >= 11 is 0. The van der Waals surface area contributed by atoms with Crippen molar-refractivity contribution in [2.24, 2.45) is 0 Å². The molecular formula is C16H17N3O5S. The SMILES string of the molecule is CNS(=O)(=O)c1ccc(CCC(=O)Nc2cccc([N+](=O)[O-])c2)cc1. The second-order valence-electron chi connectivity index (χ2n) is 5.21. The maximum Gasteiger partial charge on any atom is 0.271 e. The van der Waals surface area contributed by atoms with E-state index in [0.717, 1.165) is 5.56 Å². The van der Waals surface area contributed by atoms with Crippen LogP contribution >= 0.6 is 0 Å². The van der Waals surface area contributed by atoms with Gasteiger partial charge >= 0.3 is 0 Å². The summed E-state index contributed by atoms with van der Waals surface area (Å²) in [7, 11) is -2.15. The van der Waals surface area contributed by atoms with Crippen LogP contribution in [0.15, 0.2) is 53.4 Å². The third kappa shape index (κ3) is 5.10. The number of amides is 1. The van der Waals surface area contributed by atoms with Gasteiger partial charge in [0.2, 0.25) is 15.9 Å². The minimum atomic E-state index is -3.48. The fraction of sp³-hybridized carbons (Fsp3) is 0.188. The van der Waals surface area contributed by atoms with Crippen LogP contribution in [0, 0.1) is 10.1 Å². The molecule has 0 atom stereocenters. The molecule has 25 heavy (non-hydrogen) atoms. The van der Waals surface area contributed by atoms with Crippen molar-refractivity contribution in [1.82, 2.24) is 4.72 Å². The molecule has 0 aliphatic carbocycles. The number of carbonyl (C=O) groups excluding carboxylic acids is 1. The van der Waals surface area contributed by atoms with Gasteiger partial charge in [0.05, 0.1) is 9.82 Å². The fourth-order valence-electron chi connectivity index (χ4n) is 2.13. The summed E-state index contributed by atoms with van der Waals surface area (Å²) in [5.74, 6) is -0.285. The quantitative estimate of drug-likeness (QED) is 0.577. The molecular weight excluding hydrogens is 346 g/mol. The number of non-ortho nitro benzene ring substituents is 1. The third-order valence-corrected chi connectivity index (χ3v) is 4.91. The molecule has 0 aliphatic rings. The average molecular weight is 363 g/mol. The van der Waals surface area contributed by atoms with E-state index in [1.807, 2.05) is 0 Å². The Morgan fingerprint density at radius 2 is 1.84 bits per heavy atom. The van der Waals surface area contributed by atoms with Gasteiger partial charge in [-0.15, -0.1) is 0 Å². The molecule has 0 aliphatic heterocycles. The molecule has 1 amide bonds. The Balaban J connectivity index is 1.94. The van der Waals surface area contributed by atoms with Crippen molar-refractivity contribution < 1.29 is 18.1 Å². The molecule has 0 radical (unpaired) electrons. The van der Waals surface area contributed by atoms with Crippen LogP contribution in [-0.2, 0) is 21.2 Å². The molecule has 0 heterocycles. The van der Waals surface area contributed by atoms with Crippen LogP contribution in [0.4, 0.5) is 11.4 Å². The first-order valence-electron chi connectivity index (χ1n) is 7.38. The number of aryl methyl sites for hydroxylation is 1. The summed E-state index contributed by atoms with van der Waals surface area (Å²) in [6.45, 7) is 0. The van der Waals surface area contributed by atoms with Crippen molar-refractivity contribution in [2.45, 2.75) is 17.7 Å². The summed E-state index contributed by atoms with van der Waals surface area (Å²) < 4.78 is 25.5. The van der Waals surface area contributed by atoms with Gasteiger partial charge in [-0.3, -0.25) is 14.9 Å². The number of anilines is 1. The van der Waals surface area contributed by atoms with Crippen molar-refractivity contribution in [3.05, 3.63) is 64.2 Å². The Morgan fingerprint density at radius 3 is 2.44 bits per heavy atom. The van der Waals surface area contributed by atoms with Gasteiger partial charge in [-0.1, -0.05) is 18.2 Å². The third-order valence-electron chi connectivity index (χ3n) is 3.48. The molecule has 132 valence electrons. The van der Waals surface area contributed by atoms with Crippen LogP contribution in [0.25, 0.3) is 0 Å². The fourth-order valence-corrected chi connectivity index (χ4v) is 2.86. The van der Waals surface area contributed by atoms with E-state index in [0.29, 0.717) is 12.1 Å². The Morgan fingerprint density at radius 1 is 1.16 bits per heavy atom. The van der Waals surface area contributed by atoms with Crippen molar-refractivity contribution in [3.63, 3.8) is 0 Å². The first kappa shape index (κ1) is 18.6. The summed E-state index contributed by atoms with van der Waals surface area (Å²) in [4.78, 5) is 22.3. The number of hydrogen-bond acceptors (Lipinski definition) is 5. The molecule has 0 aromatic heterocycles. The lowest BCUT2D eigenvalue weighted by Gasteiger charge is -2.06. The number of hydrogen-bond donors (Lipinski definition) is 2. The predicted octanol–water partition coefficient (Wildman–Crippen LogP) is 2.07. The number of sulfonamides is 1. The maximum absolute atomic E-state index is 12.0. The second kappa shape index (κ2) is 7.86. The predicted molar refractivity (Wildman–Crippen MR) is 92.7 cm³/mol. The first-order chi connectivity index (χ1) is 11.8. The highest BCUT2D eigenvalue weighted by Gasteiger charge is 2.11. The van der Waals surface area contributed by atoms with Gasteiger partial charge < -0.3 is 5.32 Å². The number of benzene rings is 2. The first-order valence-corrected chi connectivity index (χ1v) is 8.87. The molecule has 0 saturated heterocycles. The summed E-state index contributed by atoms with van der Waals surface area (Å²) in [5, 5.41) is 13.3. The summed E-state index contributed by atoms with van der Waals surface area (Å²) in [6, 6.07) is 11.9. The number of rotatable bonds is 7. The topological polar surface area (TPSA) is 118 Å². The Kier molecular flexibility index (Phi) is 5.84. The lowest BCUT2D eigenvalue weighted by molar-refractivity contribution is -0.384. The molecule has 2 N–H and O–H groups in total. The monoisotopic (exact) mass is 363 g/mol. The second-order valence-corrected chi connectivity index (χ2v) is 7.09. The molecule has 2 aromatic carbocycles. The standard InChI is InChI=1S/C16H17N3O5S/c1-17-25(23,24)15-8-5-12(6-9-15)7-10-16(20)18-13-3-2-4-14(11-13)19(21)22/h2-6,8-9,11,17H,7,10H2,1H3,(H,18,20). The Hall–Kier alpha value is -2.78. The van der Waals surface area contributed by atoms with Crippen molar-refractivity contribution in [3.8, 4) is 0 Å². The number of nitro groups is 1. The lowest BCUT2D eigenvalue weighted by atomic mass is 10.1. The number of nitrogens with one attached hydrogen (secondary N) is 2. The van der Waals surface area contributed by atoms with Crippen LogP contribution in [0.3, 0.4) is 0 Å². The normalized spacial score (nSPS) is 11.1. The summed E-state index contributed by atoms with van der Waals surface area (Å²) in [5.41, 5.74) is 1.07. The van der Waals surface area contributed by atoms with Gasteiger partial charge in [-0.2, -0.15) is 0 Å². The molecule has 8 nitrogen and oxygen atoms in total. The van der Waals surface area contributed by atoms with Crippen molar-refractivity contribution in [2.75, 3.05) is 12.4 Å². The minimum Gasteiger partial charge on any atom is -0.326 e. The van der Waals surface area contributed by atoms with Crippen LogP contribution < -0.4 is 10.0 Å². The molecule has 0 unspecified atom stereocenters. The molecule has 2 rings (SSSR count). The highest BCUT2D eigenvalue weighted by molar-refractivity contribution is 7.89. The van der Waals surface area contributed by atoms with Gasteiger partial charge in [0.25, 0.3) is 5.69 Å². The van der Waals surface area contributed by atoms with E-state index in [-0.39, 0.29) is 22.9 Å². The largest absolute Gasteiger partial charge is 0.326 e. The number of nitrogens with zero attached hydrogens (tertiary/aromatic N) is 1. The molecule has 0 saturated carbocycles. The van der Waals surface area contributed by atoms with E-state index < -0.39 is 14.9 Å². The number of carbonyl (C=O) groups is 1. The zero-order valence-corrected chi connectivity index (χ0v) is 14.2. The van der Waals surface area contributed by atoms with Crippen LogP contribution in [0.1, 0.15) is 12.0 Å². The number of nitro benzene ring substituents is 1. The maximum atomic E-state index is 12.0. The molecule has 0 bridgehead atoms. The van der Waals surface area contributed by atoms with Gasteiger partial charge in [0, 0.05) is 24.2 Å². The summed E-state index contributed by atoms with van der Waals surface area (Å²) in [6.07, 6.45) is 0.585. The van der Waals surface area contributed by atoms with Crippen molar-refractivity contribution in [1.29, 1.82) is 0 Å². The van der Waals surface area contributed by atoms with E-state index in [4.69, 9.17) is 0 Å². The zero-order valence-electron chi connectivity index (χ0n) is 13.4. The molecule has 0 spiro atoms.